The third-order valence-electron chi connectivity index (χ3n) is 2.98. The average molecular weight is 265 g/mol. The number of aryl methyl sites for hydroxylation is 1. The van der Waals surface area contributed by atoms with Crippen LogP contribution in [-0.4, -0.2) is 4.98 Å². The van der Waals surface area contributed by atoms with E-state index in [9.17, 15) is 0 Å². The number of fused-ring (bicyclic) bond motifs is 1. The van der Waals surface area contributed by atoms with Crippen molar-refractivity contribution in [3.05, 3.63) is 47.9 Å². The van der Waals surface area contributed by atoms with Crippen LogP contribution in [0.25, 0.3) is 11.0 Å². The molecule has 0 aliphatic carbocycles. The van der Waals surface area contributed by atoms with E-state index in [-0.39, 0.29) is 5.76 Å². The summed E-state index contributed by atoms with van der Waals surface area (Å²) in [5, 5.41) is 9.85. The highest BCUT2D eigenvalue weighted by Crippen LogP contribution is 2.35. The Morgan fingerprint density at radius 2 is 2.15 bits per heavy atom. The van der Waals surface area contributed by atoms with Gasteiger partial charge in [-0.15, -0.1) is 0 Å². The van der Waals surface area contributed by atoms with Crippen molar-refractivity contribution in [2.24, 2.45) is 0 Å². The molecule has 0 spiro atoms. The van der Waals surface area contributed by atoms with Crippen LogP contribution in [0.15, 0.2) is 40.9 Å². The number of nitrogen functional groups attached to an aromatic ring is 1. The molecule has 5 heteroatoms. The molecule has 0 radical (unpaired) electrons. The van der Waals surface area contributed by atoms with Gasteiger partial charge in [0.2, 0.25) is 11.6 Å². The molecule has 3 rings (SSSR count). The molecule has 0 saturated heterocycles. The van der Waals surface area contributed by atoms with Crippen LogP contribution in [0.2, 0.25) is 0 Å². The van der Waals surface area contributed by atoms with Gasteiger partial charge in [0, 0.05) is 18.0 Å². The lowest BCUT2D eigenvalue weighted by Gasteiger charge is -2.05. The summed E-state index contributed by atoms with van der Waals surface area (Å²) < 4.78 is 11.1. The number of aromatic nitrogens is 1. The van der Waals surface area contributed by atoms with Crippen LogP contribution in [0.4, 0.5) is 5.69 Å². The fraction of sp³-hybridized carbons (Fsp3) is 0.0667. The summed E-state index contributed by atoms with van der Waals surface area (Å²) in [7, 11) is 0. The van der Waals surface area contributed by atoms with Crippen molar-refractivity contribution in [3.63, 3.8) is 0 Å². The molecule has 98 valence electrons. The molecule has 2 aromatic heterocycles. The fourth-order valence-electron chi connectivity index (χ4n) is 1.88. The van der Waals surface area contributed by atoms with E-state index in [1.165, 1.54) is 0 Å². The predicted octanol–water partition coefficient (Wildman–Crippen LogP) is 3.38. The first kappa shape index (κ1) is 12.1. The molecule has 3 aromatic rings. The summed E-state index contributed by atoms with van der Waals surface area (Å²) in [6, 6.07) is 10.9. The molecule has 1 aromatic carbocycles. The van der Waals surface area contributed by atoms with Crippen molar-refractivity contribution in [2.45, 2.75) is 6.92 Å². The lowest BCUT2D eigenvalue weighted by molar-refractivity contribution is 0.450. The standard InChI is InChI=1S/C15H11N3O2/c1-9-8-18-14(6-11(9)17)20-15-10-4-2-3-5-12(10)19-13(15)7-16/h2-6,8H,1H3,(H2,17,18). The van der Waals surface area contributed by atoms with Crippen molar-refractivity contribution >= 4 is 16.7 Å². The Morgan fingerprint density at radius 1 is 1.35 bits per heavy atom. The van der Waals surface area contributed by atoms with Gasteiger partial charge in [-0.2, -0.15) is 5.26 Å². The number of nitrogens with zero attached hydrogens (tertiary/aromatic N) is 2. The number of benzene rings is 1. The molecule has 0 fully saturated rings. The molecule has 0 atom stereocenters. The lowest BCUT2D eigenvalue weighted by Crippen LogP contribution is -1.94. The van der Waals surface area contributed by atoms with E-state index in [1.807, 2.05) is 31.2 Å². The maximum atomic E-state index is 9.13. The molecule has 2 heterocycles. The highest BCUT2D eigenvalue weighted by molar-refractivity contribution is 5.86. The van der Waals surface area contributed by atoms with Gasteiger partial charge in [0.25, 0.3) is 0 Å². The lowest BCUT2D eigenvalue weighted by atomic mass is 10.2. The van der Waals surface area contributed by atoms with Gasteiger partial charge in [-0.1, -0.05) is 12.1 Å². The predicted molar refractivity (Wildman–Crippen MR) is 74.4 cm³/mol. The van der Waals surface area contributed by atoms with Crippen LogP contribution in [0, 0.1) is 18.3 Å². The zero-order valence-corrected chi connectivity index (χ0v) is 10.8. The van der Waals surface area contributed by atoms with Crippen LogP contribution < -0.4 is 10.5 Å². The van der Waals surface area contributed by atoms with Gasteiger partial charge in [0.05, 0.1) is 5.39 Å². The van der Waals surface area contributed by atoms with Gasteiger partial charge in [0.15, 0.2) is 5.75 Å². The van der Waals surface area contributed by atoms with Crippen LogP contribution >= 0.6 is 0 Å². The minimum absolute atomic E-state index is 0.118. The largest absolute Gasteiger partial charge is 0.442 e. The molecule has 20 heavy (non-hydrogen) atoms. The van der Waals surface area contributed by atoms with E-state index in [0.717, 1.165) is 10.9 Å². The molecular weight excluding hydrogens is 254 g/mol. The first-order chi connectivity index (χ1) is 9.69. The van der Waals surface area contributed by atoms with Crippen LogP contribution in [0.3, 0.4) is 0 Å². The summed E-state index contributed by atoms with van der Waals surface area (Å²) in [5.74, 6) is 0.808. The van der Waals surface area contributed by atoms with E-state index in [4.69, 9.17) is 20.1 Å². The Labute approximate surface area is 115 Å². The zero-order valence-electron chi connectivity index (χ0n) is 10.8. The van der Waals surface area contributed by atoms with Crippen molar-refractivity contribution in [3.8, 4) is 17.7 Å². The van der Waals surface area contributed by atoms with Gasteiger partial charge in [0.1, 0.15) is 11.7 Å². The van der Waals surface area contributed by atoms with Crippen LogP contribution in [-0.2, 0) is 0 Å². The monoisotopic (exact) mass is 265 g/mol. The maximum absolute atomic E-state index is 9.13. The van der Waals surface area contributed by atoms with E-state index in [2.05, 4.69) is 4.98 Å². The topological polar surface area (TPSA) is 85.1 Å². The van der Waals surface area contributed by atoms with E-state index in [0.29, 0.717) is 22.9 Å². The van der Waals surface area contributed by atoms with Crippen molar-refractivity contribution in [1.29, 1.82) is 5.26 Å². The summed E-state index contributed by atoms with van der Waals surface area (Å²) >= 11 is 0. The van der Waals surface area contributed by atoms with Crippen molar-refractivity contribution in [2.75, 3.05) is 5.73 Å². The maximum Gasteiger partial charge on any atom is 0.247 e. The second-order valence-electron chi connectivity index (χ2n) is 4.35. The molecular formula is C15H11N3O2. The van der Waals surface area contributed by atoms with E-state index < -0.39 is 0 Å². The number of anilines is 1. The first-order valence-electron chi connectivity index (χ1n) is 6.00. The molecule has 0 unspecified atom stereocenters. The van der Waals surface area contributed by atoms with Gasteiger partial charge >= 0.3 is 0 Å². The summed E-state index contributed by atoms with van der Waals surface area (Å²) in [5.41, 5.74) is 7.88. The number of nitriles is 1. The number of hydrogen-bond donors (Lipinski definition) is 1. The second kappa shape index (κ2) is 4.59. The Balaban J connectivity index is 2.10. The Bertz CT molecular complexity index is 831. The van der Waals surface area contributed by atoms with Gasteiger partial charge in [-0.25, -0.2) is 4.98 Å². The Hall–Kier alpha value is -3.00. The van der Waals surface area contributed by atoms with Crippen LogP contribution in [0.1, 0.15) is 11.3 Å². The summed E-state index contributed by atoms with van der Waals surface area (Å²) in [4.78, 5) is 4.14. The Kier molecular flexibility index (Phi) is 2.77. The molecule has 0 aliphatic rings. The first-order valence-corrected chi connectivity index (χ1v) is 6.00. The third kappa shape index (κ3) is 1.93. The van der Waals surface area contributed by atoms with E-state index >= 15 is 0 Å². The number of nitrogens with two attached hydrogens (primary N) is 1. The second-order valence-corrected chi connectivity index (χ2v) is 4.35. The van der Waals surface area contributed by atoms with Gasteiger partial charge in [-0.05, 0) is 24.6 Å². The van der Waals surface area contributed by atoms with Gasteiger partial charge in [-0.3, -0.25) is 0 Å². The number of hydrogen-bond acceptors (Lipinski definition) is 5. The summed E-state index contributed by atoms with van der Waals surface area (Å²) in [6.07, 6.45) is 1.62. The Morgan fingerprint density at radius 3 is 2.90 bits per heavy atom. The number of ether oxygens (including phenoxy) is 1. The highest BCUT2D eigenvalue weighted by Gasteiger charge is 2.16. The van der Waals surface area contributed by atoms with Crippen molar-refractivity contribution in [1.82, 2.24) is 4.98 Å². The van der Waals surface area contributed by atoms with E-state index in [1.54, 1.807) is 18.3 Å². The number of rotatable bonds is 2. The minimum Gasteiger partial charge on any atom is -0.442 e. The molecule has 0 aliphatic heterocycles. The quantitative estimate of drug-likeness (QED) is 0.767. The molecule has 0 bridgehead atoms. The number of furan rings is 1. The highest BCUT2D eigenvalue weighted by atomic mass is 16.5. The molecule has 0 amide bonds. The third-order valence-corrected chi connectivity index (χ3v) is 2.98. The normalized spacial score (nSPS) is 10.4. The van der Waals surface area contributed by atoms with Gasteiger partial charge < -0.3 is 14.9 Å². The van der Waals surface area contributed by atoms with Crippen LogP contribution in [0.5, 0.6) is 11.6 Å². The SMILES string of the molecule is Cc1cnc(Oc2c(C#N)oc3ccccc23)cc1N. The minimum atomic E-state index is 0.118. The molecule has 5 nitrogen and oxygen atoms in total. The average Bonchev–Trinajstić information content (AvgIpc) is 2.81. The fourth-order valence-corrected chi connectivity index (χ4v) is 1.88. The number of para-hydroxylation sites is 1. The summed E-state index contributed by atoms with van der Waals surface area (Å²) in [6.45, 7) is 1.86. The smallest absolute Gasteiger partial charge is 0.247 e. The number of pyridine rings is 1. The zero-order chi connectivity index (χ0) is 14.1. The van der Waals surface area contributed by atoms with Crippen molar-refractivity contribution < 1.29 is 9.15 Å². The molecule has 0 saturated carbocycles. The molecule has 2 N–H and O–H groups in total.